The van der Waals surface area contributed by atoms with Gasteiger partial charge in [0.15, 0.2) is 5.78 Å². The topological polar surface area (TPSA) is 81.9 Å². The summed E-state index contributed by atoms with van der Waals surface area (Å²) in [5.41, 5.74) is 9.89. The maximum atomic E-state index is 12.8. The summed E-state index contributed by atoms with van der Waals surface area (Å²) in [6.07, 6.45) is 9.43. The van der Waals surface area contributed by atoms with Gasteiger partial charge in [-0.05, 0) is 105 Å². The van der Waals surface area contributed by atoms with Crippen LogP contribution in [0.3, 0.4) is 0 Å². The van der Waals surface area contributed by atoms with E-state index in [4.69, 9.17) is 15.2 Å². The zero-order valence-corrected chi connectivity index (χ0v) is 23.0. The van der Waals surface area contributed by atoms with Gasteiger partial charge in [-0.1, -0.05) is 42.8 Å². The number of ether oxygens (including phenoxy) is 2. The number of carbonyl (C=O) groups is 2. The number of rotatable bonds is 8. The molecular weight excluding hydrogens is 488 g/mol. The van der Waals surface area contributed by atoms with E-state index in [-0.39, 0.29) is 17.8 Å². The molecule has 2 aromatic carbocycles. The number of carbonyl (C=O) groups excluding carboxylic acids is 2. The Balaban J connectivity index is 1.10. The van der Waals surface area contributed by atoms with Crippen molar-refractivity contribution in [3.8, 4) is 5.75 Å². The molecule has 2 aromatic rings. The van der Waals surface area contributed by atoms with Gasteiger partial charge in [0.1, 0.15) is 19.0 Å². The first-order valence-electron chi connectivity index (χ1n) is 15.0. The SMILES string of the molecule is N[C@]12CC[C@@H]3c4ccc(OCC(CC(=O)OCc5ccccc5)N5CCCCC5)cc4CC[C@H]3[C@@H]1CCC2=O. The van der Waals surface area contributed by atoms with Crippen molar-refractivity contribution in [3.63, 3.8) is 0 Å². The van der Waals surface area contributed by atoms with Crippen molar-refractivity contribution >= 4 is 11.8 Å². The Hall–Kier alpha value is -2.70. The van der Waals surface area contributed by atoms with E-state index in [0.717, 1.165) is 69.3 Å². The maximum absolute atomic E-state index is 12.8. The Bertz CT molecular complexity index is 1180. The molecule has 6 heteroatoms. The molecule has 39 heavy (non-hydrogen) atoms. The molecule has 6 rings (SSSR count). The highest BCUT2D eigenvalue weighted by Gasteiger charge is 2.55. The van der Waals surface area contributed by atoms with Gasteiger partial charge in [-0.25, -0.2) is 0 Å². The average Bonchev–Trinajstić information content (AvgIpc) is 3.29. The van der Waals surface area contributed by atoms with Gasteiger partial charge in [0.05, 0.1) is 18.0 Å². The predicted molar refractivity (Wildman–Crippen MR) is 150 cm³/mol. The number of piperidine rings is 1. The quantitative estimate of drug-likeness (QED) is 0.474. The molecule has 0 bridgehead atoms. The van der Waals surface area contributed by atoms with Crippen LogP contribution in [0.4, 0.5) is 0 Å². The smallest absolute Gasteiger partial charge is 0.307 e. The third kappa shape index (κ3) is 5.51. The van der Waals surface area contributed by atoms with Gasteiger partial charge in [-0.15, -0.1) is 0 Å². The lowest BCUT2D eigenvalue weighted by Crippen LogP contribution is -2.56. The van der Waals surface area contributed by atoms with Crippen LogP contribution in [0.1, 0.15) is 80.4 Å². The number of hydrogen-bond donors (Lipinski definition) is 1. The van der Waals surface area contributed by atoms with Gasteiger partial charge in [-0.2, -0.15) is 0 Å². The molecular formula is C33H42N2O4. The van der Waals surface area contributed by atoms with Crippen molar-refractivity contribution in [2.75, 3.05) is 19.7 Å². The van der Waals surface area contributed by atoms with Crippen LogP contribution in [0.25, 0.3) is 0 Å². The van der Waals surface area contributed by atoms with Gasteiger partial charge in [0.2, 0.25) is 0 Å². The second-order valence-corrected chi connectivity index (χ2v) is 12.2. The summed E-state index contributed by atoms with van der Waals surface area (Å²) in [4.78, 5) is 27.7. The third-order valence-corrected chi connectivity index (χ3v) is 10.0. The lowest BCUT2D eigenvalue weighted by Gasteiger charge is -2.48. The monoisotopic (exact) mass is 530 g/mol. The van der Waals surface area contributed by atoms with Gasteiger partial charge in [0, 0.05) is 6.42 Å². The first-order valence-corrected chi connectivity index (χ1v) is 15.0. The number of likely N-dealkylation sites (tertiary alicyclic amines) is 1. The summed E-state index contributed by atoms with van der Waals surface area (Å²) in [5.74, 6) is 2.34. The van der Waals surface area contributed by atoms with E-state index in [1.165, 1.54) is 17.5 Å². The van der Waals surface area contributed by atoms with Crippen LogP contribution >= 0.6 is 0 Å². The molecule has 2 saturated carbocycles. The average molecular weight is 531 g/mol. The fraction of sp³-hybridized carbons (Fsp3) is 0.576. The molecule has 0 radical (unpaired) electrons. The summed E-state index contributed by atoms with van der Waals surface area (Å²) in [7, 11) is 0. The third-order valence-electron chi connectivity index (χ3n) is 10.0. The maximum Gasteiger partial charge on any atom is 0.307 e. The summed E-state index contributed by atoms with van der Waals surface area (Å²) in [6, 6.07) is 16.4. The zero-order chi connectivity index (χ0) is 26.8. The number of nitrogens with zero attached hydrogens (tertiary/aromatic N) is 1. The molecule has 208 valence electrons. The lowest BCUT2D eigenvalue weighted by molar-refractivity contribution is -0.146. The Morgan fingerprint density at radius 2 is 1.85 bits per heavy atom. The van der Waals surface area contributed by atoms with E-state index in [1.54, 1.807) is 0 Å². The fourth-order valence-electron chi connectivity index (χ4n) is 7.91. The Morgan fingerprint density at radius 3 is 2.67 bits per heavy atom. The van der Waals surface area contributed by atoms with Crippen LogP contribution < -0.4 is 10.5 Å². The van der Waals surface area contributed by atoms with Gasteiger partial charge < -0.3 is 15.2 Å². The van der Waals surface area contributed by atoms with Crippen molar-refractivity contribution in [1.82, 2.24) is 4.90 Å². The normalized spacial score (nSPS) is 29.2. The number of nitrogens with two attached hydrogens (primary N) is 1. The summed E-state index contributed by atoms with van der Waals surface area (Å²) in [5, 5.41) is 0. The van der Waals surface area contributed by atoms with Crippen molar-refractivity contribution in [1.29, 1.82) is 0 Å². The Labute approximate surface area is 232 Å². The first-order chi connectivity index (χ1) is 19.0. The molecule has 5 atom stereocenters. The van der Waals surface area contributed by atoms with Crippen LogP contribution in [0.2, 0.25) is 0 Å². The second kappa shape index (κ2) is 11.4. The molecule has 1 heterocycles. The molecule has 2 N–H and O–H groups in total. The highest BCUT2D eigenvalue weighted by molar-refractivity contribution is 5.91. The number of fused-ring (bicyclic) bond motifs is 5. The molecule has 3 aliphatic carbocycles. The highest BCUT2D eigenvalue weighted by atomic mass is 16.5. The molecule has 6 nitrogen and oxygen atoms in total. The molecule has 1 saturated heterocycles. The largest absolute Gasteiger partial charge is 0.492 e. The van der Waals surface area contributed by atoms with E-state index in [1.807, 2.05) is 30.3 Å². The highest BCUT2D eigenvalue weighted by Crippen LogP contribution is 2.55. The molecule has 0 spiro atoms. The van der Waals surface area contributed by atoms with Crippen LogP contribution in [0.15, 0.2) is 48.5 Å². The van der Waals surface area contributed by atoms with E-state index < -0.39 is 5.54 Å². The summed E-state index contributed by atoms with van der Waals surface area (Å²) in [6.45, 7) is 2.78. The number of benzene rings is 2. The van der Waals surface area contributed by atoms with Crippen LogP contribution in [0, 0.1) is 11.8 Å². The fourth-order valence-corrected chi connectivity index (χ4v) is 7.91. The number of aryl methyl sites for hydroxylation is 1. The lowest BCUT2D eigenvalue weighted by atomic mass is 9.58. The predicted octanol–water partition coefficient (Wildman–Crippen LogP) is 5.17. The Morgan fingerprint density at radius 1 is 1.03 bits per heavy atom. The van der Waals surface area contributed by atoms with E-state index in [9.17, 15) is 9.59 Å². The van der Waals surface area contributed by atoms with Gasteiger partial charge >= 0.3 is 5.97 Å². The van der Waals surface area contributed by atoms with E-state index >= 15 is 0 Å². The van der Waals surface area contributed by atoms with Crippen molar-refractivity contribution in [2.45, 2.75) is 88.3 Å². The minimum Gasteiger partial charge on any atom is -0.492 e. The van der Waals surface area contributed by atoms with Crippen molar-refractivity contribution in [2.24, 2.45) is 17.6 Å². The minimum atomic E-state index is -0.576. The molecule has 1 unspecified atom stereocenters. The number of Topliss-reactive ketones (excluding diaryl/α,β-unsaturated/α-hetero) is 1. The molecule has 0 aromatic heterocycles. The van der Waals surface area contributed by atoms with Gasteiger partial charge in [-0.3, -0.25) is 14.5 Å². The number of hydrogen-bond acceptors (Lipinski definition) is 6. The van der Waals surface area contributed by atoms with Crippen LogP contribution in [0.5, 0.6) is 5.75 Å². The van der Waals surface area contributed by atoms with E-state index in [2.05, 4.69) is 23.1 Å². The van der Waals surface area contributed by atoms with E-state index in [0.29, 0.717) is 43.8 Å². The molecule has 4 aliphatic rings. The zero-order valence-electron chi connectivity index (χ0n) is 23.0. The van der Waals surface area contributed by atoms with Crippen LogP contribution in [-0.2, 0) is 27.4 Å². The van der Waals surface area contributed by atoms with Gasteiger partial charge in [0.25, 0.3) is 0 Å². The molecule has 3 fully saturated rings. The van der Waals surface area contributed by atoms with Crippen molar-refractivity contribution < 1.29 is 19.1 Å². The standard InChI is InChI=1S/C33H42N2O4/c34-33-16-15-28-27-12-10-26(19-24(27)9-11-29(28)30(33)13-14-31(33)36)38-22-25(35-17-5-2-6-18-35)20-32(37)39-21-23-7-3-1-4-8-23/h1,3-4,7-8,10,12,19,25,28-30H,2,5-6,9,11,13-18,20-22,34H2/t25?,28-,29-,30+,33-/m1/s1. The summed E-state index contributed by atoms with van der Waals surface area (Å²) >= 11 is 0. The second-order valence-electron chi connectivity index (χ2n) is 12.2. The Kier molecular flexibility index (Phi) is 7.77. The van der Waals surface area contributed by atoms with Crippen molar-refractivity contribution in [3.05, 3.63) is 65.2 Å². The van der Waals surface area contributed by atoms with Crippen LogP contribution in [-0.4, -0.2) is 47.9 Å². The summed E-state index contributed by atoms with van der Waals surface area (Å²) < 4.78 is 12.0. The number of esters is 1. The number of ketones is 1. The molecule has 1 aliphatic heterocycles. The first kappa shape index (κ1) is 26.5. The minimum absolute atomic E-state index is 0.00455. The molecule has 0 amide bonds.